The number of hydrogen-bond donors (Lipinski definition) is 0. The molecule has 25 heavy (non-hydrogen) atoms. The van der Waals surface area contributed by atoms with Crippen LogP contribution in [0.3, 0.4) is 0 Å². The summed E-state index contributed by atoms with van der Waals surface area (Å²) >= 11 is 1.70. The summed E-state index contributed by atoms with van der Waals surface area (Å²) in [5.74, 6) is -0.127. The van der Waals surface area contributed by atoms with Crippen molar-refractivity contribution in [2.45, 2.75) is 39.0 Å². The number of esters is 1. The average Bonchev–Trinajstić information content (AvgIpc) is 3.01. The van der Waals surface area contributed by atoms with Crippen LogP contribution >= 0.6 is 11.3 Å². The van der Waals surface area contributed by atoms with E-state index in [0.29, 0.717) is 13.0 Å². The maximum atomic E-state index is 11.8. The van der Waals surface area contributed by atoms with Crippen LogP contribution in [-0.2, 0) is 22.4 Å². The Balaban J connectivity index is 1.32. The first-order valence-corrected chi connectivity index (χ1v) is 9.45. The molecule has 0 saturated carbocycles. The molecule has 2 aromatic heterocycles. The number of benzene rings is 1. The number of ether oxygens (including phenoxy) is 1. The lowest BCUT2D eigenvalue weighted by atomic mass is 10.2. The smallest absolute Gasteiger partial charge is 0.305 e. The molecule has 0 aliphatic carbocycles. The summed E-state index contributed by atoms with van der Waals surface area (Å²) in [6.45, 7) is 2.44. The first-order valence-electron chi connectivity index (χ1n) is 8.63. The van der Waals surface area contributed by atoms with Crippen molar-refractivity contribution >= 4 is 27.5 Å². The monoisotopic (exact) mass is 354 g/mol. The number of aromatic nitrogens is 2. The number of para-hydroxylation sites is 1. The van der Waals surface area contributed by atoms with Gasteiger partial charge in [-0.05, 0) is 56.9 Å². The van der Waals surface area contributed by atoms with E-state index in [1.54, 1.807) is 11.3 Å². The van der Waals surface area contributed by atoms with E-state index in [2.05, 4.69) is 16.0 Å². The maximum Gasteiger partial charge on any atom is 0.305 e. The van der Waals surface area contributed by atoms with Gasteiger partial charge in [-0.15, -0.1) is 11.3 Å². The lowest BCUT2D eigenvalue weighted by molar-refractivity contribution is -0.143. The van der Waals surface area contributed by atoms with Gasteiger partial charge in [-0.1, -0.05) is 18.2 Å². The quantitative estimate of drug-likeness (QED) is 0.441. The van der Waals surface area contributed by atoms with Gasteiger partial charge < -0.3 is 4.74 Å². The van der Waals surface area contributed by atoms with Crippen molar-refractivity contribution in [1.29, 1.82) is 0 Å². The Morgan fingerprint density at radius 2 is 1.92 bits per heavy atom. The van der Waals surface area contributed by atoms with Gasteiger partial charge in [0.1, 0.15) is 0 Å². The molecule has 3 rings (SSSR count). The molecule has 0 N–H and O–H groups in total. The Labute approximate surface area is 151 Å². The van der Waals surface area contributed by atoms with Gasteiger partial charge in [0, 0.05) is 17.8 Å². The van der Waals surface area contributed by atoms with Crippen LogP contribution in [0.4, 0.5) is 0 Å². The van der Waals surface area contributed by atoms with Gasteiger partial charge in [0.25, 0.3) is 0 Å². The molecule has 0 fully saturated rings. The topological polar surface area (TPSA) is 52.1 Å². The highest BCUT2D eigenvalue weighted by molar-refractivity contribution is 7.18. The van der Waals surface area contributed by atoms with Crippen LogP contribution in [-0.4, -0.2) is 22.5 Å². The van der Waals surface area contributed by atoms with Gasteiger partial charge in [0.2, 0.25) is 0 Å². The minimum atomic E-state index is -0.127. The van der Waals surface area contributed by atoms with E-state index < -0.39 is 0 Å². The van der Waals surface area contributed by atoms with E-state index in [4.69, 9.17) is 4.74 Å². The molecule has 0 radical (unpaired) electrons. The minimum Gasteiger partial charge on any atom is -0.466 e. The molecule has 0 spiro atoms. The summed E-state index contributed by atoms with van der Waals surface area (Å²) in [5, 5.41) is 1.08. The lowest BCUT2D eigenvalue weighted by Gasteiger charge is -2.05. The minimum absolute atomic E-state index is 0.127. The molecule has 4 nitrogen and oxygen atoms in total. The maximum absolute atomic E-state index is 11.8. The van der Waals surface area contributed by atoms with Crippen LogP contribution < -0.4 is 0 Å². The second kappa shape index (κ2) is 8.72. The van der Waals surface area contributed by atoms with Gasteiger partial charge in [-0.25, -0.2) is 4.98 Å². The summed E-state index contributed by atoms with van der Waals surface area (Å²) in [6, 6.07) is 14.1. The Bertz CT molecular complexity index is 811. The van der Waals surface area contributed by atoms with Crippen molar-refractivity contribution in [2.24, 2.45) is 0 Å². The van der Waals surface area contributed by atoms with E-state index in [9.17, 15) is 4.79 Å². The highest BCUT2D eigenvalue weighted by Gasteiger charge is 2.07. The van der Waals surface area contributed by atoms with Crippen LogP contribution in [0.15, 0.2) is 42.5 Å². The standard InChI is InChI=1S/C20H22N2O2S/c1-15-7-4-8-16(21-15)9-6-14-24-20(23)13-5-12-19-22-17-10-2-3-11-18(17)25-19/h2-4,7-8,10-11H,5-6,9,12-14H2,1H3. The van der Waals surface area contributed by atoms with Gasteiger partial charge in [0.05, 0.1) is 21.8 Å². The van der Waals surface area contributed by atoms with Crippen LogP contribution in [0.5, 0.6) is 0 Å². The number of hydrogen-bond acceptors (Lipinski definition) is 5. The number of fused-ring (bicyclic) bond motifs is 1. The van der Waals surface area contributed by atoms with Crippen LogP contribution in [0.25, 0.3) is 10.2 Å². The Morgan fingerprint density at radius 1 is 1.04 bits per heavy atom. The zero-order valence-corrected chi connectivity index (χ0v) is 15.2. The van der Waals surface area contributed by atoms with Gasteiger partial charge in [0.15, 0.2) is 0 Å². The predicted octanol–water partition coefficient (Wildman–Crippen LogP) is 4.50. The van der Waals surface area contributed by atoms with Crippen LogP contribution in [0, 0.1) is 6.92 Å². The molecular formula is C20H22N2O2S. The van der Waals surface area contributed by atoms with Crippen molar-refractivity contribution in [3.63, 3.8) is 0 Å². The normalized spacial score (nSPS) is 10.9. The van der Waals surface area contributed by atoms with Crippen LogP contribution in [0.2, 0.25) is 0 Å². The van der Waals surface area contributed by atoms with Crippen molar-refractivity contribution in [2.75, 3.05) is 6.61 Å². The molecule has 5 heteroatoms. The second-order valence-electron chi connectivity index (χ2n) is 6.02. The molecule has 0 amide bonds. The first-order chi connectivity index (χ1) is 12.2. The zero-order chi connectivity index (χ0) is 17.5. The zero-order valence-electron chi connectivity index (χ0n) is 14.4. The molecule has 0 saturated heterocycles. The summed E-state index contributed by atoms with van der Waals surface area (Å²) in [6.07, 6.45) is 3.68. The average molecular weight is 354 g/mol. The molecule has 0 bridgehead atoms. The number of thiazole rings is 1. The molecule has 1 aromatic carbocycles. The van der Waals surface area contributed by atoms with E-state index in [1.165, 1.54) is 4.70 Å². The molecule has 0 atom stereocenters. The Hall–Kier alpha value is -2.27. The van der Waals surface area contributed by atoms with Crippen molar-refractivity contribution in [3.05, 3.63) is 58.9 Å². The first kappa shape index (κ1) is 17.5. The largest absolute Gasteiger partial charge is 0.466 e. The number of nitrogens with zero attached hydrogens (tertiary/aromatic N) is 2. The highest BCUT2D eigenvalue weighted by Crippen LogP contribution is 2.22. The molecule has 3 aromatic rings. The van der Waals surface area contributed by atoms with Crippen molar-refractivity contribution in [3.8, 4) is 0 Å². The molecular weight excluding hydrogens is 332 g/mol. The summed E-state index contributed by atoms with van der Waals surface area (Å²) in [7, 11) is 0. The fourth-order valence-electron chi connectivity index (χ4n) is 2.66. The third-order valence-corrected chi connectivity index (χ3v) is 4.99. The molecule has 2 heterocycles. The van der Waals surface area contributed by atoms with E-state index >= 15 is 0 Å². The fourth-order valence-corrected chi connectivity index (χ4v) is 3.67. The molecule has 0 aliphatic heterocycles. The Morgan fingerprint density at radius 3 is 2.76 bits per heavy atom. The second-order valence-corrected chi connectivity index (χ2v) is 7.14. The Kier molecular flexibility index (Phi) is 6.12. The molecule has 130 valence electrons. The molecule has 0 aliphatic rings. The fraction of sp³-hybridized carbons (Fsp3) is 0.350. The van der Waals surface area contributed by atoms with Crippen LogP contribution in [0.1, 0.15) is 35.7 Å². The highest BCUT2D eigenvalue weighted by atomic mass is 32.1. The molecule has 0 unspecified atom stereocenters. The number of pyridine rings is 1. The van der Waals surface area contributed by atoms with Crippen molar-refractivity contribution in [1.82, 2.24) is 9.97 Å². The number of carbonyl (C=O) groups is 1. The van der Waals surface area contributed by atoms with E-state index in [1.807, 2.05) is 43.3 Å². The number of carbonyl (C=O) groups excluding carboxylic acids is 1. The SMILES string of the molecule is Cc1cccc(CCCOC(=O)CCCc2nc3ccccc3s2)n1. The van der Waals surface area contributed by atoms with Gasteiger partial charge in [-0.2, -0.15) is 0 Å². The van der Waals surface area contributed by atoms with Crippen molar-refractivity contribution < 1.29 is 9.53 Å². The lowest BCUT2D eigenvalue weighted by Crippen LogP contribution is -2.07. The third-order valence-electron chi connectivity index (χ3n) is 3.90. The van der Waals surface area contributed by atoms with Gasteiger partial charge in [-0.3, -0.25) is 9.78 Å². The number of aryl methyl sites for hydroxylation is 3. The summed E-state index contributed by atoms with van der Waals surface area (Å²) in [5.41, 5.74) is 3.10. The van der Waals surface area contributed by atoms with E-state index in [0.717, 1.165) is 47.6 Å². The van der Waals surface area contributed by atoms with E-state index in [-0.39, 0.29) is 5.97 Å². The summed E-state index contributed by atoms with van der Waals surface area (Å²) < 4.78 is 6.51. The predicted molar refractivity (Wildman–Crippen MR) is 101 cm³/mol. The summed E-state index contributed by atoms with van der Waals surface area (Å²) in [4.78, 5) is 20.8. The third kappa shape index (κ3) is 5.36. The van der Waals surface area contributed by atoms with Gasteiger partial charge >= 0.3 is 5.97 Å². The number of rotatable bonds is 8.